The van der Waals surface area contributed by atoms with Crippen LogP contribution in [-0.4, -0.2) is 62.2 Å². The van der Waals surface area contributed by atoms with E-state index in [1.807, 2.05) is 36.4 Å². The van der Waals surface area contributed by atoms with Crippen LogP contribution in [0.2, 0.25) is 0 Å². The summed E-state index contributed by atoms with van der Waals surface area (Å²) in [4.78, 5) is 32.9. The van der Waals surface area contributed by atoms with Crippen molar-refractivity contribution in [3.63, 3.8) is 0 Å². The van der Waals surface area contributed by atoms with E-state index >= 15 is 0 Å². The van der Waals surface area contributed by atoms with Crippen molar-refractivity contribution < 1.29 is 28.7 Å². The van der Waals surface area contributed by atoms with Crippen LogP contribution in [0.1, 0.15) is 0 Å². The molecular weight excluding hydrogens is 1130 g/mol. The molecule has 0 unspecified atom stereocenters. The molecule has 0 saturated heterocycles. The Hall–Kier alpha value is -9.03. The monoisotopic (exact) mass is 1190 g/mol. The topological polar surface area (TPSA) is 176 Å². The van der Waals surface area contributed by atoms with Gasteiger partial charge in [0.05, 0.1) is 14.2 Å². The van der Waals surface area contributed by atoms with Gasteiger partial charge in [-0.05, 0) is 121 Å². The van der Waals surface area contributed by atoms with Gasteiger partial charge in [-0.2, -0.15) is 36.4 Å². The molecular formula is C66H54N4O6P2Te. The van der Waals surface area contributed by atoms with E-state index < -0.39 is 14.5 Å². The first-order valence-corrected chi connectivity index (χ1v) is 27.2. The van der Waals surface area contributed by atoms with Gasteiger partial charge in [0, 0.05) is 11.5 Å². The summed E-state index contributed by atoms with van der Waals surface area (Å²) in [6, 6.07) is 108. The van der Waals surface area contributed by atoms with Crippen molar-refractivity contribution in [2.75, 3.05) is 14.2 Å². The van der Waals surface area contributed by atoms with E-state index in [0.29, 0.717) is 24.3 Å². The zero-order valence-corrected chi connectivity index (χ0v) is 47.4. The molecule has 0 fully saturated rings. The third kappa shape index (κ3) is 20.5. The zero-order chi connectivity index (χ0) is 56.4. The summed E-state index contributed by atoms with van der Waals surface area (Å²) in [5.41, 5.74) is 0. The zero-order valence-electron chi connectivity index (χ0n) is 43.3. The number of carbonyl (C=O) groups excluding carboxylic acids is 4. The Balaban J connectivity index is 0.000000365. The van der Waals surface area contributed by atoms with Gasteiger partial charge in [-0.15, -0.1) is 24.3 Å². The van der Waals surface area contributed by atoms with Gasteiger partial charge in [0.15, 0.2) is 0 Å². The van der Waals surface area contributed by atoms with Gasteiger partial charge in [-0.1, -0.05) is 146 Å². The van der Waals surface area contributed by atoms with Crippen LogP contribution in [0.5, 0.6) is 11.5 Å². The fraction of sp³-hybridized carbons (Fsp3) is 0.0303. The molecule has 0 atom stereocenters. The minimum Gasteiger partial charge on any atom is -0.724 e. The predicted octanol–water partition coefficient (Wildman–Crippen LogP) is 10.8. The maximum absolute atomic E-state index is 8.24. The second-order valence-corrected chi connectivity index (χ2v) is 22.1. The molecule has 10 nitrogen and oxygen atoms in total. The van der Waals surface area contributed by atoms with E-state index in [9.17, 15) is 0 Å². The van der Waals surface area contributed by atoms with Crippen molar-refractivity contribution in [1.29, 1.82) is 0 Å². The van der Waals surface area contributed by atoms with Gasteiger partial charge in [0.1, 0.15) is 57.0 Å². The molecule has 10 rings (SSSR count). The van der Waals surface area contributed by atoms with Crippen LogP contribution in [0, 0.1) is 12.1 Å². The average Bonchev–Trinajstić information content (AvgIpc) is 3.57. The van der Waals surface area contributed by atoms with Gasteiger partial charge < -0.3 is 31.1 Å². The molecule has 0 amide bonds. The second-order valence-electron chi connectivity index (χ2n) is 15.3. The molecule has 0 aliphatic carbocycles. The Labute approximate surface area is 481 Å². The molecule has 0 aliphatic rings. The van der Waals surface area contributed by atoms with Gasteiger partial charge in [-0.3, -0.25) is 19.2 Å². The second kappa shape index (κ2) is 40.3. The molecule has 0 aliphatic heterocycles. The Morgan fingerprint density at radius 2 is 0.443 bits per heavy atom. The summed E-state index contributed by atoms with van der Waals surface area (Å²) in [5.74, 6) is 1.71. The summed E-state index contributed by atoms with van der Waals surface area (Å²) in [5, 5.41) is 38.2. The van der Waals surface area contributed by atoms with E-state index in [4.69, 9.17) is 50.3 Å². The largest absolute Gasteiger partial charge is 4.00 e. The van der Waals surface area contributed by atoms with Crippen molar-refractivity contribution >= 4 is 105 Å². The first-order chi connectivity index (χ1) is 38.4. The minimum absolute atomic E-state index is 0. The molecule has 390 valence electrons. The molecule has 13 heteroatoms. The fourth-order valence-electron chi connectivity index (χ4n) is 8.01. The molecule has 0 spiro atoms. The number of rotatable bonds is 10. The first-order valence-electron chi connectivity index (χ1n) is 23.7. The molecule has 2 radical (unpaired) electrons. The first kappa shape index (κ1) is 66.1. The van der Waals surface area contributed by atoms with Crippen molar-refractivity contribution in [1.82, 2.24) is 0 Å². The molecule has 0 aromatic heterocycles. The Bertz CT molecular complexity index is 2690. The van der Waals surface area contributed by atoms with E-state index in [2.05, 4.69) is 255 Å². The van der Waals surface area contributed by atoms with Crippen LogP contribution in [-0.2, 0) is 19.2 Å². The van der Waals surface area contributed by atoms with E-state index in [1.54, 1.807) is 26.4 Å². The maximum atomic E-state index is 8.24. The van der Waals surface area contributed by atoms with Gasteiger partial charge >= 0.3 is 23.7 Å². The third-order valence-electron chi connectivity index (χ3n) is 11.0. The third-order valence-corrected chi connectivity index (χ3v) is 19.6. The molecule has 79 heavy (non-hydrogen) atoms. The van der Waals surface area contributed by atoms with Crippen LogP contribution >= 0.6 is 14.5 Å². The van der Waals surface area contributed by atoms with E-state index in [1.165, 1.54) is 42.4 Å². The van der Waals surface area contributed by atoms with Crippen LogP contribution in [0.3, 0.4) is 0 Å². The number of benzene rings is 10. The molecule has 0 bridgehead atoms. The van der Waals surface area contributed by atoms with Crippen LogP contribution < -0.4 is 51.9 Å². The Kier molecular flexibility index (Phi) is 33.7. The summed E-state index contributed by atoms with van der Waals surface area (Å²) >= 11 is 0. The van der Waals surface area contributed by atoms with Crippen molar-refractivity contribution in [2.24, 2.45) is 0 Å². The average molecular weight is 1190 g/mol. The predicted molar refractivity (Wildman–Crippen MR) is 328 cm³/mol. The molecule has 10 aromatic carbocycles. The van der Waals surface area contributed by atoms with Crippen molar-refractivity contribution in [3.05, 3.63) is 325 Å². The standard InChI is InChI=1S/2C24H20P.2C7H7O.4CNO.Te/c2*1-5-13-21(14-6-1)25(22-15-7-2-8-16-22,23-17-9-3-10-18-23)24-19-11-4-12-20-24;2*1-8-7-5-3-2-4-6-7;4*2-1-3;/h2*1-20H;2*2-3,5-6H,1H3;;;;;/q2*+1;6*-1;+4. The quantitative estimate of drug-likeness (QED) is 0.0433. The minimum atomic E-state index is -1.91. The number of methoxy groups -OCH3 is 2. The Morgan fingerprint density at radius 3 is 0.544 bits per heavy atom. The number of hydrogen-bond acceptors (Lipinski definition) is 6. The number of isocyanates is 4. The Morgan fingerprint density at radius 1 is 0.291 bits per heavy atom. The van der Waals surface area contributed by atoms with Crippen LogP contribution in [0.15, 0.2) is 291 Å². The molecule has 10 aromatic rings. The van der Waals surface area contributed by atoms with Crippen LogP contribution in [0.4, 0.5) is 0 Å². The number of ether oxygens (including phenoxy) is 2. The number of hydrogen-bond donors (Lipinski definition) is 0. The van der Waals surface area contributed by atoms with Gasteiger partial charge in [-0.25, -0.2) is 0 Å². The molecule has 0 N–H and O–H groups in total. The van der Waals surface area contributed by atoms with Crippen molar-refractivity contribution in [3.8, 4) is 11.5 Å². The number of nitrogens with zero attached hydrogens (tertiary/aromatic N) is 4. The van der Waals surface area contributed by atoms with Crippen molar-refractivity contribution in [2.45, 2.75) is 0 Å². The van der Waals surface area contributed by atoms with E-state index in [0.717, 1.165) is 11.5 Å². The summed E-state index contributed by atoms with van der Waals surface area (Å²) in [7, 11) is -0.527. The molecule has 0 heterocycles. The summed E-state index contributed by atoms with van der Waals surface area (Å²) in [6.07, 6.45) is 2.00. The SMILES string of the molecule is COc1c[c-]ccc1.COc1c[c-]ccc1.[N-]=C=O.[N-]=C=O.[N-]=C=O.[N-]=C=O.[Te+4].c1ccc([P+](c2ccccc2)(c2ccccc2)c2ccccc2)cc1.c1ccc([P+](c2ccccc2)(c2ccccc2)c2ccccc2)cc1. The van der Waals surface area contributed by atoms with E-state index in [-0.39, 0.29) is 23.7 Å². The summed E-state index contributed by atoms with van der Waals surface area (Å²) < 4.78 is 9.77. The summed E-state index contributed by atoms with van der Waals surface area (Å²) in [6.45, 7) is 0. The molecule has 0 saturated carbocycles. The van der Waals surface area contributed by atoms with Gasteiger partial charge in [0.2, 0.25) is 0 Å². The maximum Gasteiger partial charge on any atom is 4.00 e. The van der Waals surface area contributed by atoms with Gasteiger partial charge in [0.25, 0.3) is 0 Å². The normalized spacial score (nSPS) is 9.24. The van der Waals surface area contributed by atoms with Crippen LogP contribution in [0.25, 0.3) is 21.6 Å². The smallest absolute Gasteiger partial charge is 0.724 e. The fourth-order valence-corrected chi connectivity index (χ4v) is 16.5.